The van der Waals surface area contributed by atoms with E-state index in [1.807, 2.05) is 31.2 Å². The first-order chi connectivity index (χ1) is 7.95. The van der Waals surface area contributed by atoms with Crippen molar-refractivity contribution in [3.8, 4) is 6.07 Å². The smallest absolute Gasteiger partial charge is 0.214 e. The number of hydrogen-bond donors (Lipinski definition) is 1. The summed E-state index contributed by atoms with van der Waals surface area (Å²) in [5.74, 6) is 0. The van der Waals surface area contributed by atoms with Crippen molar-refractivity contribution in [3.05, 3.63) is 35.4 Å². The van der Waals surface area contributed by atoms with Crippen LogP contribution in [0.4, 0.5) is 0 Å². The summed E-state index contributed by atoms with van der Waals surface area (Å²) in [4.78, 5) is 0. The summed E-state index contributed by atoms with van der Waals surface area (Å²) in [5, 5.41) is 7.54. The van der Waals surface area contributed by atoms with Crippen LogP contribution in [0, 0.1) is 18.3 Å². The van der Waals surface area contributed by atoms with Gasteiger partial charge in [0.05, 0.1) is 6.07 Å². The zero-order valence-electron chi connectivity index (χ0n) is 9.97. The molecule has 1 N–H and O–H groups in total. The van der Waals surface area contributed by atoms with Crippen molar-refractivity contribution in [2.24, 2.45) is 0 Å². The van der Waals surface area contributed by atoms with Crippen LogP contribution in [-0.2, 0) is 16.4 Å². The molecule has 17 heavy (non-hydrogen) atoms. The van der Waals surface area contributed by atoms with Gasteiger partial charge in [0.2, 0.25) is 10.0 Å². The van der Waals surface area contributed by atoms with E-state index in [-0.39, 0.29) is 0 Å². The lowest BCUT2D eigenvalue weighted by Gasteiger charge is -2.08. The van der Waals surface area contributed by atoms with E-state index in [9.17, 15) is 8.42 Å². The summed E-state index contributed by atoms with van der Waals surface area (Å²) in [5.41, 5.74) is 2.23. The Morgan fingerprint density at radius 1 is 1.47 bits per heavy atom. The molecular weight excluding hydrogens is 236 g/mol. The number of aryl methyl sites for hydroxylation is 1. The zero-order valence-corrected chi connectivity index (χ0v) is 10.8. The lowest BCUT2D eigenvalue weighted by Crippen LogP contribution is -2.33. The standard InChI is InChI=1S/C12H16N2O2S/c1-10-4-3-5-12(8-10)6-7-14-17(15,16)11(2)9-13/h3-5,8,11,14H,6-7H2,1-2H3. The van der Waals surface area contributed by atoms with E-state index in [0.717, 1.165) is 11.1 Å². The molecule has 1 aromatic carbocycles. The van der Waals surface area contributed by atoms with Gasteiger partial charge in [-0.3, -0.25) is 0 Å². The Balaban J connectivity index is 2.52. The predicted molar refractivity (Wildman–Crippen MR) is 66.9 cm³/mol. The highest BCUT2D eigenvalue weighted by Gasteiger charge is 2.18. The molecule has 0 heterocycles. The molecule has 0 fully saturated rings. The number of nitrogens with zero attached hydrogens (tertiary/aromatic N) is 1. The molecule has 1 atom stereocenters. The normalized spacial score (nSPS) is 13.0. The third kappa shape index (κ3) is 4.17. The van der Waals surface area contributed by atoms with Crippen molar-refractivity contribution in [3.63, 3.8) is 0 Å². The molecule has 0 amide bonds. The van der Waals surface area contributed by atoms with Crippen molar-refractivity contribution in [1.82, 2.24) is 4.72 Å². The van der Waals surface area contributed by atoms with E-state index in [4.69, 9.17) is 5.26 Å². The maximum absolute atomic E-state index is 11.5. The molecule has 5 heteroatoms. The van der Waals surface area contributed by atoms with Crippen LogP contribution in [0.5, 0.6) is 0 Å². The fourth-order valence-electron chi connectivity index (χ4n) is 1.40. The molecular formula is C12H16N2O2S. The van der Waals surface area contributed by atoms with Crippen LogP contribution >= 0.6 is 0 Å². The molecule has 0 spiro atoms. The van der Waals surface area contributed by atoms with Gasteiger partial charge in [-0.25, -0.2) is 13.1 Å². The lowest BCUT2D eigenvalue weighted by atomic mass is 10.1. The fourth-order valence-corrected chi connectivity index (χ4v) is 2.18. The van der Waals surface area contributed by atoms with Crippen LogP contribution in [0.2, 0.25) is 0 Å². The molecule has 0 saturated heterocycles. The van der Waals surface area contributed by atoms with Gasteiger partial charge < -0.3 is 0 Å². The van der Waals surface area contributed by atoms with E-state index < -0.39 is 15.3 Å². The minimum atomic E-state index is -3.50. The monoisotopic (exact) mass is 252 g/mol. The summed E-state index contributed by atoms with van der Waals surface area (Å²) < 4.78 is 25.4. The molecule has 1 unspecified atom stereocenters. The average molecular weight is 252 g/mol. The molecule has 0 radical (unpaired) electrons. The molecule has 4 nitrogen and oxygen atoms in total. The molecule has 0 saturated carbocycles. The van der Waals surface area contributed by atoms with Crippen LogP contribution in [0.25, 0.3) is 0 Å². The summed E-state index contributed by atoms with van der Waals surface area (Å²) in [6.45, 7) is 3.68. The minimum Gasteiger partial charge on any atom is -0.214 e. The Kier molecular flexibility index (Phi) is 4.67. The van der Waals surface area contributed by atoms with Crippen molar-refractivity contribution in [2.75, 3.05) is 6.54 Å². The van der Waals surface area contributed by atoms with Crippen LogP contribution < -0.4 is 4.72 Å². The Hall–Kier alpha value is -1.38. The first-order valence-electron chi connectivity index (χ1n) is 5.39. The van der Waals surface area contributed by atoms with E-state index in [1.165, 1.54) is 6.92 Å². The molecule has 0 bridgehead atoms. The van der Waals surface area contributed by atoms with Crippen molar-refractivity contribution in [2.45, 2.75) is 25.5 Å². The topological polar surface area (TPSA) is 70.0 Å². The highest BCUT2D eigenvalue weighted by atomic mass is 32.2. The van der Waals surface area contributed by atoms with Gasteiger partial charge in [0.1, 0.15) is 0 Å². The van der Waals surface area contributed by atoms with Crippen molar-refractivity contribution < 1.29 is 8.42 Å². The Morgan fingerprint density at radius 2 is 2.18 bits per heavy atom. The summed E-state index contributed by atoms with van der Waals surface area (Å²) in [7, 11) is -3.50. The highest BCUT2D eigenvalue weighted by Crippen LogP contribution is 2.04. The van der Waals surface area contributed by atoms with Gasteiger partial charge in [0.15, 0.2) is 5.25 Å². The molecule has 1 rings (SSSR count). The molecule has 1 aromatic rings. The van der Waals surface area contributed by atoms with Crippen molar-refractivity contribution >= 4 is 10.0 Å². The zero-order chi connectivity index (χ0) is 12.9. The van der Waals surface area contributed by atoms with E-state index in [2.05, 4.69) is 4.72 Å². The van der Waals surface area contributed by atoms with Gasteiger partial charge in [-0.15, -0.1) is 0 Å². The number of benzene rings is 1. The first kappa shape index (κ1) is 13.7. The van der Waals surface area contributed by atoms with E-state index in [1.54, 1.807) is 6.07 Å². The average Bonchev–Trinajstić information content (AvgIpc) is 2.27. The SMILES string of the molecule is Cc1cccc(CCNS(=O)(=O)C(C)C#N)c1. The molecule has 0 aliphatic rings. The second kappa shape index (κ2) is 5.80. The summed E-state index contributed by atoms with van der Waals surface area (Å²) in [6.07, 6.45) is 0.624. The quantitative estimate of drug-likeness (QED) is 0.860. The number of nitrogens with one attached hydrogen (secondary N) is 1. The maximum atomic E-state index is 11.5. The molecule has 0 aliphatic carbocycles. The van der Waals surface area contributed by atoms with Gasteiger partial charge in [0.25, 0.3) is 0 Å². The third-order valence-corrected chi connectivity index (χ3v) is 4.09. The predicted octanol–water partition coefficient (Wildman–Crippen LogP) is 1.37. The molecule has 92 valence electrons. The third-order valence-electron chi connectivity index (χ3n) is 2.45. The second-order valence-electron chi connectivity index (χ2n) is 3.95. The van der Waals surface area contributed by atoms with Crippen LogP contribution in [-0.4, -0.2) is 20.2 Å². The Bertz CT molecular complexity index is 518. The number of nitriles is 1. The van der Waals surface area contributed by atoms with Crippen LogP contribution in [0.15, 0.2) is 24.3 Å². The number of sulfonamides is 1. The molecule has 0 aliphatic heterocycles. The fraction of sp³-hybridized carbons (Fsp3) is 0.417. The van der Waals surface area contributed by atoms with E-state index in [0.29, 0.717) is 13.0 Å². The van der Waals surface area contributed by atoms with Gasteiger partial charge in [-0.1, -0.05) is 29.8 Å². The van der Waals surface area contributed by atoms with Crippen LogP contribution in [0.3, 0.4) is 0 Å². The van der Waals surface area contributed by atoms with Crippen LogP contribution in [0.1, 0.15) is 18.1 Å². The Labute approximate surface area is 102 Å². The van der Waals surface area contributed by atoms with Gasteiger partial charge in [-0.05, 0) is 25.8 Å². The summed E-state index contributed by atoms with van der Waals surface area (Å²) in [6, 6.07) is 9.61. The van der Waals surface area contributed by atoms with Gasteiger partial charge in [-0.2, -0.15) is 5.26 Å². The first-order valence-corrected chi connectivity index (χ1v) is 6.94. The second-order valence-corrected chi connectivity index (χ2v) is 6.04. The maximum Gasteiger partial charge on any atom is 0.227 e. The highest BCUT2D eigenvalue weighted by molar-refractivity contribution is 7.90. The molecule has 0 aromatic heterocycles. The number of rotatable bonds is 5. The largest absolute Gasteiger partial charge is 0.227 e. The minimum absolute atomic E-state index is 0.317. The summed E-state index contributed by atoms with van der Waals surface area (Å²) >= 11 is 0. The lowest BCUT2D eigenvalue weighted by molar-refractivity contribution is 0.577. The Morgan fingerprint density at radius 3 is 2.76 bits per heavy atom. The van der Waals surface area contributed by atoms with Gasteiger partial charge >= 0.3 is 0 Å². The van der Waals surface area contributed by atoms with Crippen molar-refractivity contribution in [1.29, 1.82) is 5.26 Å². The van der Waals surface area contributed by atoms with E-state index >= 15 is 0 Å². The number of hydrogen-bond acceptors (Lipinski definition) is 3. The van der Waals surface area contributed by atoms with Gasteiger partial charge in [0, 0.05) is 6.54 Å².